The Morgan fingerprint density at radius 1 is 0.962 bits per heavy atom. The fourth-order valence-corrected chi connectivity index (χ4v) is 13.0. The van der Waals surface area contributed by atoms with Crippen molar-refractivity contribution in [3.63, 3.8) is 0 Å². The number of ether oxygens (including phenoxy) is 1. The van der Waals surface area contributed by atoms with E-state index in [-0.39, 0.29) is 58.3 Å². The van der Waals surface area contributed by atoms with Crippen LogP contribution in [-0.2, 0) is 23.9 Å². The van der Waals surface area contributed by atoms with Crippen molar-refractivity contribution in [2.75, 3.05) is 40.8 Å². The fourth-order valence-electron chi connectivity index (χ4n) is 13.0. The lowest BCUT2D eigenvalue weighted by Gasteiger charge is -2.70. The minimum absolute atomic E-state index is 0.0591. The number of likely N-dealkylation sites (N-methyl/N-ethyl adjacent to an activating group) is 1. The minimum Gasteiger partial charge on any atom is -0.481 e. The molecule has 294 valence electrons. The number of quaternary nitrogens is 1. The van der Waals surface area contributed by atoms with Crippen molar-refractivity contribution < 1.29 is 38.6 Å². The van der Waals surface area contributed by atoms with E-state index in [2.05, 4.69) is 48.6 Å². The summed E-state index contributed by atoms with van der Waals surface area (Å²) < 4.78 is 6.96. The Morgan fingerprint density at radius 2 is 1.60 bits per heavy atom. The van der Waals surface area contributed by atoms with Gasteiger partial charge in [-0.2, -0.15) is 0 Å². The first kappa shape index (κ1) is 40.9. The van der Waals surface area contributed by atoms with E-state index >= 15 is 0 Å². The number of piperidine rings is 2. The predicted molar refractivity (Wildman–Crippen MR) is 201 cm³/mol. The second kappa shape index (κ2) is 13.8. The quantitative estimate of drug-likeness (QED) is 0.145. The molecule has 5 rings (SSSR count). The highest BCUT2D eigenvalue weighted by atomic mass is 16.5. The van der Waals surface area contributed by atoms with Gasteiger partial charge in [-0.15, -0.1) is 0 Å². The van der Waals surface area contributed by atoms with Gasteiger partial charge in [-0.05, 0) is 96.6 Å². The molecule has 4 fully saturated rings. The largest absolute Gasteiger partial charge is 0.481 e. The summed E-state index contributed by atoms with van der Waals surface area (Å²) in [5, 5.41) is 20.3. The molecule has 0 bridgehead atoms. The number of nitrogens with zero attached hydrogens (tertiary/aromatic N) is 3. The van der Waals surface area contributed by atoms with Crippen molar-refractivity contribution in [3.8, 4) is 0 Å². The fraction of sp³-hybridized carbons (Fsp3) is 0.857. The molecule has 10 nitrogen and oxygen atoms in total. The number of aliphatic hydroxyl groups excluding tert-OH is 1. The molecule has 0 aromatic rings. The maximum atomic E-state index is 14.1. The average Bonchev–Trinajstić information content (AvgIpc) is 3.31. The van der Waals surface area contributed by atoms with Gasteiger partial charge in [0.05, 0.1) is 49.0 Å². The summed E-state index contributed by atoms with van der Waals surface area (Å²) in [6.07, 6.45) is 6.73. The molecule has 2 saturated carbocycles. The number of hydrogen-bond acceptors (Lipinski definition) is 7. The monoisotopic (exact) mass is 729 g/mol. The molecule has 0 spiro atoms. The first-order chi connectivity index (χ1) is 23.9. The molecule has 2 saturated heterocycles. The second-order valence-corrected chi connectivity index (χ2v) is 20.2. The highest BCUT2D eigenvalue weighted by Crippen LogP contribution is 2.71. The van der Waals surface area contributed by atoms with Gasteiger partial charge in [-0.1, -0.05) is 41.5 Å². The molecule has 9 unspecified atom stereocenters. The summed E-state index contributed by atoms with van der Waals surface area (Å²) in [7, 11) is 6.13. The van der Waals surface area contributed by atoms with Crippen LogP contribution < -0.4 is 0 Å². The normalized spacial score (nSPS) is 37.6. The van der Waals surface area contributed by atoms with E-state index in [4.69, 9.17) is 4.74 Å². The van der Waals surface area contributed by atoms with Crippen molar-refractivity contribution in [3.05, 3.63) is 11.3 Å². The van der Waals surface area contributed by atoms with Gasteiger partial charge in [0.2, 0.25) is 5.91 Å². The van der Waals surface area contributed by atoms with E-state index < -0.39 is 23.6 Å². The number of hydrogen-bond donors (Lipinski definition) is 2. The third kappa shape index (κ3) is 6.58. The number of carbonyl (C=O) groups is 4. The van der Waals surface area contributed by atoms with E-state index in [9.17, 15) is 29.4 Å². The zero-order valence-corrected chi connectivity index (χ0v) is 34.4. The Labute approximate surface area is 313 Å². The van der Waals surface area contributed by atoms with Crippen LogP contribution in [0.2, 0.25) is 0 Å². The number of Topliss-reactive ketones (excluding diaryl/α,β-unsaturated/α-hetero) is 1. The third-order valence-corrected chi connectivity index (χ3v) is 15.4. The molecule has 2 N–H and O–H groups in total. The van der Waals surface area contributed by atoms with E-state index in [0.29, 0.717) is 37.3 Å². The topological polar surface area (TPSA) is 124 Å². The molecular weight excluding hydrogens is 658 g/mol. The summed E-state index contributed by atoms with van der Waals surface area (Å²) in [6.45, 7) is 20.3. The van der Waals surface area contributed by atoms with Crippen molar-refractivity contribution in [2.24, 2.45) is 44.8 Å². The molecule has 0 radical (unpaired) electrons. The van der Waals surface area contributed by atoms with Gasteiger partial charge in [0.15, 0.2) is 5.78 Å². The number of amides is 1. The van der Waals surface area contributed by atoms with Crippen LogP contribution in [0.15, 0.2) is 11.3 Å². The first-order valence-corrected chi connectivity index (χ1v) is 20.1. The zero-order chi connectivity index (χ0) is 39.0. The van der Waals surface area contributed by atoms with Gasteiger partial charge in [-0.25, -0.2) is 0 Å². The SMILES string of the molecule is CC(C)C1=C2C(CCN(C(=O)CN(C)C)C(C)O)(CCC3C4(C)CCC5C(C)(C)C(OC(=O)CC(C)(C)C(=O)O)CCC5(C)C4CC[N+]23C)CC1=O. The van der Waals surface area contributed by atoms with Crippen LogP contribution in [0.25, 0.3) is 0 Å². The molecule has 1 amide bonds. The van der Waals surface area contributed by atoms with Crippen LogP contribution >= 0.6 is 0 Å². The number of carbonyl (C=O) groups excluding carboxylic acids is 3. The van der Waals surface area contributed by atoms with Gasteiger partial charge >= 0.3 is 11.9 Å². The average molecular weight is 729 g/mol. The van der Waals surface area contributed by atoms with Gasteiger partial charge in [0.25, 0.3) is 0 Å². The summed E-state index contributed by atoms with van der Waals surface area (Å²) in [6, 6.07) is 0.368. The summed E-state index contributed by atoms with van der Waals surface area (Å²) >= 11 is 0. The number of rotatable bonds is 11. The van der Waals surface area contributed by atoms with Gasteiger partial charge in [0, 0.05) is 36.6 Å². The van der Waals surface area contributed by atoms with Crippen LogP contribution in [0.3, 0.4) is 0 Å². The molecule has 9 atom stereocenters. The maximum Gasteiger partial charge on any atom is 0.309 e. The van der Waals surface area contributed by atoms with Crippen LogP contribution in [0.1, 0.15) is 127 Å². The van der Waals surface area contributed by atoms with Crippen molar-refractivity contribution in [1.29, 1.82) is 0 Å². The van der Waals surface area contributed by atoms with Crippen LogP contribution in [-0.4, -0.2) is 107 Å². The predicted octanol–water partition coefficient (Wildman–Crippen LogP) is 6.26. The molecule has 0 aromatic carbocycles. The number of fused-ring (bicyclic) bond motifs is 7. The molecule has 5 aliphatic rings. The summed E-state index contributed by atoms with van der Waals surface area (Å²) in [4.78, 5) is 55.5. The number of allylic oxidation sites excluding steroid dienone is 2. The number of aliphatic hydroxyl groups is 1. The van der Waals surface area contributed by atoms with Gasteiger partial charge < -0.3 is 24.7 Å². The lowest BCUT2D eigenvalue weighted by atomic mass is 9.40. The van der Waals surface area contributed by atoms with Crippen molar-refractivity contribution in [1.82, 2.24) is 9.80 Å². The molecule has 52 heavy (non-hydrogen) atoms. The number of carboxylic acid groups (broad SMARTS) is 1. The Hall–Kier alpha value is -2.30. The maximum absolute atomic E-state index is 14.1. The number of esters is 1. The summed E-state index contributed by atoms with van der Waals surface area (Å²) in [5.41, 5.74) is 0.704. The molecular formula is C42H70N3O7+. The molecule has 10 heteroatoms. The smallest absolute Gasteiger partial charge is 0.309 e. The van der Waals surface area contributed by atoms with Gasteiger partial charge in [-0.3, -0.25) is 23.7 Å². The molecule has 0 aromatic heterocycles. The summed E-state index contributed by atoms with van der Waals surface area (Å²) in [5.74, 6) is -0.300. The Kier molecular flexibility index (Phi) is 10.8. The highest BCUT2D eigenvalue weighted by molar-refractivity contribution is 6.00. The van der Waals surface area contributed by atoms with E-state index in [0.717, 1.165) is 61.5 Å². The lowest BCUT2D eigenvalue weighted by Crippen LogP contribution is -2.72. The first-order valence-electron chi connectivity index (χ1n) is 20.1. The number of carboxylic acids is 1. The van der Waals surface area contributed by atoms with Crippen molar-refractivity contribution in [2.45, 2.75) is 145 Å². The van der Waals surface area contributed by atoms with Crippen LogP contribution in [0.4, 0.5) is 0 Å². The molecule has 2 aliphatic heterocycles. The molecule has 2 heterocycles. The van der Waals surface area contributed by atoms with E-state index in [1.54, 1.807) is 25.7 Å². The number of aliphatic carboxylic acids is 1. The van der Waals surface area contributed by atoms with E-state index in [1.165, 1.54) is 5.70 Å². The van der Waals surface area contributed by atoms with Crippen molar-refractivity contribution >= 4 is 23.6 Å². The number of ketones is 1. The minimum atomic E-state index is -1.17. The lowest BCUT2D eigenvalue weighted by molar-refractivity contribution is -0.925. The van der Waals surface area contributed by atoms with Gasteiger partial charge in [0.1, 0.15) is 18.0 Å². The molecule has 3 aliphatic carbocycles. The standard InChI is InChI=1S/C42H69N3O7/c1-26(2)35-28(47)23-42(20-21-44(27(3)46)33(48)25-43(10)11)19-14-31-41(9)17-13-29-39(6,7)32(52-34(49)24-38(4,5)37(50)51)15-18-40(29,8)30(41)16-22-45(31,12)36(35)42/h26-27,29-32,46H,13-25H2,1-12H3/p+1. The Morgan fingerprint density at radius 3 is 2.17 bits per heavy atom. The third-order valence-electron chi connectivity index (χ3n) is 15.4. The zero-order valence-electron chi connectivity index (χ0n) is 34.4. The van der Waals surface area contributed by atoms with Crippen LogP contribution in [0, 0.1) is 44.8 Å². The second-order valence-electron chi connectivity index (χ2n) is 20.2. The Bertz CT molecular complexity index is 1480. The Balaban J connectivity index is 1.44. The van der Waals surface area contributed by atoms with E-state index in [1.807, 2.05) is 19.0 Å². The highest BCUT2D eigenvalue weighted by Gasteiger charge is 2.71. The van der Waals surface area contributed by atoms with Crippen LogP contribution in [0.5, 0.6) is 0 Å².